The maximum absolute atomic E-state index is 11.2. The highest BCUT2D eigenvalue weighted by atomic mass is 16.7. The van der Waals surface area contributed by atoms with Gasteiger partial charge in [-0.05, 0) is 25.5 Å². The summed E-state index contributed by atoms with van der Waals surface area (Å²) >= 11 is 0. The zero-order valence-corrected chi connectivity index (χ0v) is 9.51. The lowest BCUT2D eigenvalue weighted by Gasteiger charge is -2.05. The van der Waals surface area contributed by atoms with Crippen molar-refractivity contribution in [1.82, 2.24) is 0 Å². The highest BCUT2D eigenvalue weighted by Gasteiger charge is 2.06. The summed E-state index contributed by atoms with van der Waals surface area (Å²) in [5.41, 5.74) is 1.06. The predicted octanol–water partition coefficient (Wildman–Crippen LogP) is 2.38. The smallest absolute Gasteiger partial charge is 0.481 e. The molecule has 1 aromatic rings. The first-order valence-electron chi connectivity index (χ1n) is 5.21. The van der Waals surface area contributed by atoms with Gasteiger partial charge in [0, 0.05) is 6.42 Å². The van der Waals surface area contributed by atoms with E-state index in [-0.39, 0.29) is 19.4 Å². The number of carbonyl (C=O) groups excluding carboxylic acids is 1. The van der Waals surface area contributed by atoms with E-state index in [1.807, 2.05) is 19.1 Å². The van der Waals surface area contributed by atoms with E-state index < -0.39 is 12.1 Å². The minimum atomic E-state index is -0.916. The normalized spacial score (nSPS) is 9.71. The molecular formula is C12H14O5. The van der Waals surface area contributed by atoms with Crippen LogP contribution in [0.3, 0.4) is 0 Å². The second kappa shape index (κ2) is 6.52. The number of aryl methyl sites for hydroxylation is 1. The Balaban J connectivity index is 2.25. The van der Waals surface area contributed by atoms with Crippen molar-refractivity contribution in [1.29, 1.82) is 0 Å². The van der Waals surface area contributed by atoms with E-state index in [0.29, 0.717) is 5.75 Å². The second-order valence-corrected chi connectivity index (χ2v) is 3.51. The van der Waals surface area contributed by atoms with Crippen LogP contribution in [-0.2, 0) is 9.53 Å². The molecule has 1 N–H and O–H groups in total. The summed E-state index contributed by atoms with van der Waals surface area (Å²) in [6.07, 6.45) is -0.574. The molecule has 0 atom stereocenters. The Morgan fingerprint density at radius 2 is 1.88 bits per heavy atom. The monoisotopic (exact) mass is 238 g/mol. The first-order valence-corrected chi connectivity index (χ1v) is 5.21. The number of carboxylic acids is 1. The Bertz CT molecular complexity index is 382. The van der Waals surface area contributed by atoms with Crippen LogP contribution in [0.15, 0.2) is 24.3 Å². The summed E-state index contributed by atoms with van der Waals surface area (Å²) in [5, 5.41) is 8.37. The minimum absolute atomic E-state index is 0.0299. The number of hydrogen-bond acceptors (Lipinski definition) is 4. The standard InChI is InChI=1S/C12H14O5/c1-9-4-6-10(7-5-9)17-12(15)16-8-2-3-11(13)14/h4-7H,2-3,8H2,1H3,(H,13,14). The number of benzene rings is 1. The highest BCUT2D eigenvalue weighted by molar-refractivity contribution is 5.66. The zero-order valence-electron chi connectivity index (χ0n) is 9.51. The molecule has 1 rings (SSSR count). The molecule has 5 nitrogen and oxygen atoms in total. The Morgan fingerprint density at radius 1 is 1.24 bits per heavy atom. The molecule has 0 aliphatic rings. The van der Waals surface area contributed by atoms with Crippen molar-refractivity contribution < 1.29 is 24.2 Å². The van der Waals surface area contributed by atoms with Crippen LogP contribution >= 0.6 is 0 Å². The van der Waals surface area contributed by atoms with Crippen molar-refractivity contribution in [3.8, 4) is 5.75 Å². The molecule has 0 spiro atoms. The predicted molar refractivity (Wildman–Crippen MR) is 60.0 cm³/mol. The van der Waals surface area contributed by atoms with E-state index in [2.05, 4.69) is 0 Å². The molecule has 92 valence electrons. The summed E-state index contributed by atoms with van der Waals surface area (Å²) in [4.78, 5) is 21.3. The number of aliphatic carboxylic acids is 1. The van der Waals surface area contributed by atoms with Crippen molar-refractivity contribution in [3.63, 3.8) is 0 Å². The Morgan fingerprint density at radius 3 is 2.47 bits per heavy atom. The van der Waals surface area contributed by atoms with E-state index in [4.69, 9.17) is 14.6 Å². The number of carbonyl (C=O) groups is 2. The molecule has 5 heteroatoms. The lowest BCUT2D eigenvalue weighted by atomic mass is 10.2. The largest absolute Gasteiger partial charge is 0.513 e. The lowest BCUT2D eigenvalue weighted by molar-refractivity contribution is -0.137. The molecule has 0 unspecified atom stereocenters. The van der Waals surface area contributed by atoms with Gasteiger partial charge < -0.3 is 14.6 Å². The van der Waals surface area contributed by atoms with Crippen molar-refractivity contribution in [2.24, 2.45) is 0 Å². The molecule has 0 aromatic heterocycles. The lowest BCUT2D eigenvalue weighted by Crippen LogP contribution is -2.12. The molecule has 0 radical (unpaired) electrons. The van der Waals surface area contributed by atoms with Gasteiger partial charge in [0.25, 0.3) is 0 Å². The van der Waals surface area contributed by atoms with Gasteiger partial charge in [-0.15, -0.1) is 0 Å². The highest BCUT2D eigenvalue weighted by Crippen LogP contribution is 2.12. The number of hydrogen-bond donors (Lipinski definition) is 1. The minimum Gasteiger partial charge on any atom is -0.481 e. The molecule has 0 aliphatic carbocycles. The number of carboxylic acid groups (broad SMARTS) is 1. The van der Waals surface area contributed by atoms with Crippen molar-refractivity contribution >= 4 is 12.1 Å². The van der Waals surface area contributed by atoms with Crippen LogP contribution in [0.5, 0.6) is 5.75 Å². The van der Waals surface area contributed by atoms with Crippen LogP contribution in [0, 0.1) is 6.92 Å². The van der Waals surface area contributed by atoms with Crippen molar-refractivity contribution in [2.45, 2.75) is 19.8 Å². The molecule has 1 aromatic carbocycles. The average Bonchev–Trinajstić information content (AvgIpc) is 2.27. The maximum atomic E-state index is 11.2. The van der Waals surface area contributed by atoms with Gasteiger partial charge in [-0.2, -0.15) is 0 Å². The van der Waals surface area contributed by atoms with Gasteiger partial charge in [0.1, 0.15) is 5.75 Å². The average molecular weight is 238 g/mol. The van der Waals surface area contributed by atoms with Crippen molar-refractivity contribution in [3.05, 3.63) is 29.8 Å². The molecule has 0 fully saturated rings. The number of ether oxygens (including phenoxy) is 2. The Hall–Kier alpha value is -2.04. The molecular weight excluding hydrogens is 224 g/mol. The second-order valence-electron chi connectivity index (χ2n) is 3.51. The van der Waals surface area contributed by atoms with Crippen molar-refractivity contribution in [2.75, 3.05) is 6.61 Å². The van der Waals surface area contributed by atoms with Crippen LogP contribution < -0.4 is 4.74 Å². The zero-order chi connectivity index (χ0) is 12.7. The Labute approximate surface area is 99.0 Å². The van der Waals surface area contributed by atoms with E-state index in [1.54, 1.807) is 12.1 Å². The van der Waals surface area contributed by atoms with Crippen LogP contribution in [0.2, 0.25) is 0 Å². The summed E-state index contributed by atoms with van der Waals surface area (Å²) in [5.74, 6) is -0.515. The van der Waals surface area contributed by atoms with Gasteiger partial charge >= 0.3 is 12.1 Å². The summed E-state index contributed by atoms with van der Waals surface area (Å²) in [6.45, 7) is 1.96. The molecule has 0 bridgehead atoms. The number of rotatable bonds is 5. The van der Waals surface area contributed by atoms with Gasteiger partial charge in [0.2, 0.25) is 0 Å². The van der Waals surface area contributed by atoms with Gasteiger partial charge in [-0.1, -0.05) is 17.7 Å². The third-order valence-corrected chi connectivity index (χ3v) is 1.98. The van der Waals surface area contributed by atoms with Gasteiger partial charge in [-0.25, -0.2) is 4.79 Å². The maximum Gasteiger partial charge on any atom is 0.513 e. The quantitative estimate of drug-likeness (QED) is 0.484. The molecule has 0 amide bonds. The fraction of sp³-hybridized carbons (Fsp3) is 0.333. The van der Waals surface area contributed by atoms with E-state index in [1.165, 1.54) is 0 Å². The first kappa shape index (κ1) is 13.0. The SMILES string of the molecule is Cc1ccc(OC(=O)OCCCC(=O)O)cc1. The van der Waals surface area contributed by atoms with Gasteiger partial charge in [0.05, 0.1) is 6.61 Å². The van der Waals surface area contributed by atoms with Crippen LogP contribution in [0.1, 0.15) is 18.4 Å². The molecule has 0 saturated heterocycles. The topological polar surface area (TPSA) is 72.8 Å². The van der Waals surface area contributed by atoms with Crippen LogP contribution in [0.25, 0.3) is 0 Å². The van der Waals surface area contributed by atoms with E-state index >= 15 is 0 Å². The van der Waals surface area contributed by atoms with Crippen LogP contribution in [-0.4, -0.2) is 23.8 Å². The van der Waals surface area contributed by atoms with Gasteiger partial charge in [0.15, 0.2) is 0 Å². The van der Waals surface area contributed by atoms with E-state index in [0.717, 1.165) is 5.56 Å². The Kier molecular flexibility index (Phi) is 5.00. The fourth-order valence-electron chi connectivity index (χ4n) is 1.11. The summed E-state index contributed by atoms with van der Waals surface area (Å²) < 4.78 is 9.57. The molecule has 0 heterocycles. The third kappa shape index (κ3) is 5.55. The van der Waals surface area contributed by atoms with E-state index in [9.17, 15) is 9.59 Å². The first-order chi connectivity index (χ1) is 8.08. The summed E-state index contributed by atoms with van der Waals surface area (Å²) in [6, 6.07) is 6.95. The summed E-state index contributed by atoms with van der Waals surface area (Å²) in [7, 11) is 0. The fourth-order valence-corrected chi connectivity index (χ4v) is 1.11. The van der Waals surface area contributed by atoms with Crippen LogP contribution in [0.4, 0.5) is 4.79 Å². The molecule has 0 aliphatic heterocycles. The molecule has 17 heavy (non-hydrogen) atoms. The molecule has 0 saturated carbocycles. The van der Waals surface area contributed by atoms with Gasteiger partial charge in [-0.3, -0.25) is 4.79 Å². The third-order valence-electron chi connectivity index (χ3n) is 1.98.